The Balaban J connectivity index is 1.99. The number of benzene rings is 2. The van der Waals surface area contributed by atoms with E-state index in [1.165, 1.54) is 24.3 Å². The summed E-state index contributed by atoms with van der Waals surface area (Å²) >= 11 is 0. The molecule has 0 N–H and O–H groups in total. The number of hydrogen-bond donors (Lipinski definition) is 0. The monoisotopic (exact) mass is 277 g/mol. The number of carboxylic acid groups (broad SMARTS) is 1. The van der Waals surface area contributed by atoms with Crippen LogP contribution in [0.5, 0.6) is 0 Å². The summed E-state index contributed by atoms with van der Waals surface area (Å²) in [6, 6.07) is 15.7. The maximum Gasteiger partial charge on any atom is 0.178 e. The summed E-state index contributed by atoms with van der Waals surface area (Å²) in [6.07, 6.45) is 6.30. The van der Waals surface area contributed by atoms with Gasteiger partial charge in [-0.15, -0.1) is 0 Å². The summed E-state index contributed by atoms with van der Waals surface area (Å²) in [5, 5.41) is 10.6. The second kappa shape index (κ2) is 7.01. The molecule has 2 aromatic rings. The Morgan fingerprint density at radius 1 is 0.762 bits per heavy atom. The molecular weight excluding hydrogens is 264 g/mol. The Morgan fingerprint density at radius 3 is 1.81 bits per heavy atom. The minimum atomic E-state index is -1.22. The molecule has 3 heteroatoms. The highest BCUT2D eigenvalue weighted by Crippen LogP contribution is 2.06. The molecule has 0 aromatic heterocycles. The number of rotatable bonds is 5. The van der Waals surface area contributed by atoms with Crippen molar-refractivity contribution in [1.29, 1.82) is 0 Å². The van der Waals surface area contributed by atoms with Crippen molar-refractivity contribution in [2.24, 2.45) is 0 Å². The van der Waals surface area contributed by atoms with Gasteiger partial charge in [-0.05, 0) is 28.8 Å². The third-order valence-corrected chi connectivity index (χ3v) is 2.83. The van der Waals surface area contributed by atoms with Crippen LogP contribution in [0, 0.1) is 0 Å². The zero-order valence-electron chi connectivity index (χ0n) is 11.2. The second-order valence-corrected chi connectivity index (χ2v) is 4.39. The third kappa shape index (κ3) is 4.58. The third-order valence-electron chi connectivity index (χ3n) is 2.83. The summed E-state index contributed by atoms with van der Waals surface area (Å²) in [4.78, 5) is 22.3. The highest BCUT2D eigenvalue weighted by atomic mass is 16.4. The lowest BCUT2D eigenvalue weighted by atomic mass is 10.1. The van der Waals surface area contributed by atoms with Crippen LogP contribution in [-0.2, 0) is 4.79 Å². The van der Waals surface area contributed by atoms with Gasteiger partial charge in [-0.3, -0.25) is 4.79 Å². The van der Waals surface area contributed by atoms with Crippen LogP contribution < -0.4 is 5.11 Å². The Bertz CT molecular complexity index is 680. The lowest BCUT2D eigenvalue weighted by molar-refractivity contribution is -0.255. The van der Waals surface area contributed by atoms with Crippen molar-refractivity contribution in [3.63, 3.8) is 0 Å². The van der Waals surface area contributed by atoms with Crippen LogP contribution in [0.2, 0.25) is 0 Å². The molecule has 104 valence electrons. The smallest absolute Gasteiger partial charge is 0.178 e. The molecule has 21 heavy (non-hydrogen) atoms. The Hall–Kier alpha value is -2.94. The molecule has 3 nitrogen and oxygen atoms in total. The maximum atomic E-state index is 11.7. The van der Waals surface area contributed by atoms with Crippen molar-refractivity contribution >= 4 is 23.9 Å². The van der Waals surface area contributed by atoms with E-state index in [0.29, 0.717) is 0 Å². The molecule has 0 spiro atoms. The van der Waals surface area contributed by atoms with Crippen molar-refractivity contribution in [3.05, 3.63) is 83.4 Å². The molecule has 2 aromatic carbocycles. The SMILES string of the molecule is O=C(/C=C/c1ccccc1)/C=C/c1ccc(C(=O)[O-])cc1. The molecule has 0 bridgehead atoms. The van der Waals surface area contributed by atoms with Gasteiger partial charge in [0, 0.05) is 0 Å². The Morgan fingerprint density at radius 2 is 1.29 bits per heavy atom. The first kappa shape index (κ1) is 14.5. The Kier molecular flexibility index (Phi) is 4.83. The van der Waals surface area contributed by atoms with E-state index in [-0.39, 0.29) is 11.3 Å². The van der Waals surface area contributed by atoms with Gasteiger partial charge in [0.15, 0.2) is 5.78 Å². The molecule has 2 rings (SSSR count). The molecule has 0 amide bonds. The van der Waals surface area contributed by atoms with Crippen LogP contribution in [-0.4, -0.2) is 11.8 Å². The largest absolute Gasteiger partial charge is 0.545 e. The Labute approximate surface area is 122 Å². The molecule has 0 aliphatic heterocycles. The van der Waals surface area contributed by atoms with Gasteiger partial charge >= 0.3 is 0 Å². The second-order valence-electron chi connectivity index (χ2n) is 4.39. The lowest BCUT2D eigenvalue weighted by Crippen LogP contribution is -2.21. The molecule has 0 saturated heterocycles. The molecule has 0 atom stereocenters. The van der Waals surface area contributed by atoms with E-state index >= 15 is 0 Å². The molecule has 0 fully saturated rings. The maximum absolute atomic E-state index is 11.7. The van der Waals surface area contributed by atoms with Crippen LogP contribution in [0.3, 0.4) is 0 Å². The molecule has 0 heterocycles. The number of carbonyl (C=O) groups is 2. The molecule has 0 aliphatic rings. The highest BCUT2D eigenvalue weighted by Gasteiger charge is 1.94. The number of carbonyl (C=O) groups excluding carboxylic acids is 2. The van der Waals surface area contributed by atoms with Crippen LogP contribution in [0.15, 0.2) is 66.7 Å². The number of aromatic carboxylic acids is 1. The van der Waals surface area contributed by atoms with Crippen LogP contribution >= 0.6 is 0 Å². The minimum Gasteiger partial charge on any atom is -0.545 e. The van der Waals surface area contributed by atoms with Crippen LogP contribution in [0.25, 0.3) is 12.2 Å². The fourth-order valence-electron chi connectivity index (χ4n) is 1.71. The van der Waals surface area contributed by atoms with Gasteiger partial charge in [0.05, 0.1) is 5.97 Å². The van der Waals surface area contributed by atoms with Gasteiger partial charge in [-0.25, -0.2) is 0 Å². The topological polar surface area (TPSA) is 57.2 Å². The molecule has 0 unspecified atom stereocenters. The van der Waals surface area contributed by atoms with Crippen molar-refractivity contribution in [3.8, 4) is 0 Å². The van der Waals surface area contributed by atoms with Gasteiger partial charge in [0.25, 0.3) is 0 Å². The van der Waals surface area contributed by atoms with Gasteiger partial charge in [-0.2, -0.15) is 0 Å². The van der Waals surface area contributed by atoms with Crippen molar-refractivity contribution < 1.29 is 14.7 Å². The number of ketones is 1. The van der Waals surface area contributed by atoms with Crippen molar-refractivity contribution in [1.82, 2.24) is 0 Å². The number of allylic oxidation sites excluding steroid dienone is 2. The van der Waals surface area contributed by atoms with E-state index in [1.54, 1.807) is 24.3 Å². The summed E-state index contributed by atoms with van der Waals surface area (Å²) in [7, 11) is 0. The first-order valence-corrected chi connectivity index (χ1v) is 6.42. The predicted molar refractivity (Wildman–Crippen MR) is 80.3 cm³/mol. The van der Waals surface area contributed by atoms with E-state index in [0.717, 1.165) is 11.1 Å². The molecular formula is C18H13O3-. The van der Waals surface area contributed by atoms with E-state index in [2.05, 4.69) is 0 Å². The summed E-state index contributed by atoms with van der Waals surface area (Å²) in [6.45, 7) is 0. The van der Waals surface area contributed by atoms with Crippen LogP contribution in [0.4, 0.5) is 0 Å². The van der Waals surface area contributed by atoms with Gasteiger partial charge < -0.3 is 9.90 Å². The minimum absolute atomic E-state index is 0.113. The fourth-order valence-corrected chi connectivity index (χ4v) is 1.71. The highest BCUT2D eigenvalue weighted by molar-refractivity contribution is 6.04. The van der Waals surface area contributed by atoms with Gasteiger partial charge in [0.2, 0.25) is 0 Å². The quantitative estimate of drug-likeness (QED) is 0.788. The van der Waals surface area contributed by atoms with Crippen molar-refractivity contribution in [2.75, 3.05) is 0 Å². The average Bonchev–Trinajstić information content (AvgIpc) is 2.52. The summed E-state index contributed by atoms with van der Waals surface area (Å²) in [5.41, 5.74) is 1.82. The number of hydrogen-bond acceptors (Lipinski definition) is 3. The van der Waals surface area contributed by atoms with Crippen LogP contribution in [0.1, 0.15) is 21.5 Å². The van der Waals surface area contributed by atoms with E-state index in [1.807, 2.05) is 30.3 Å². The van der Waals surface area contributed by atoms with Crippen molar-refractivity contribution in [2.45, 2.75) is 0 Å². The first-order chi connectivity index (χ1) is 10.1. The summed E-state index contributed by atoms with van der Waals surface area (Å²) < 4.78 is 0. The predicted octanol–water partition coefficient (Wildman–Crippen LogP) is 2.35. The number of carboxylic acids is 1. The lowest BCUT2D eigenvalue weighted by Gasteiger charge is -2.01. The van der Waals surface area contributed by atoms with E-state index in [4.69, 9.17) is 0 Å². The first-order valence-electron chi connectivity index (χ1n) is 6.42. The summed E-state index contributed by atoms with van der Waals surface area (Å²) in [5.74, 6) is -1.35. The molecule has 0 radical (unpaired) electrons. The standard InChI is InChI=1S/C18H14O3/c19-17(12-8-14-4-2-1-3-5-14)13-9-15-6-10-16(11-7-15)18(20)21/h1-13H,(H,20,21)/p-1/b12-8+,13-9+. The van der Waals surface area contributed by atoms with E-state index < -0.39 is 5.97 Å². The average molecular weight is 277 g/mol. The normalized spacial score (nSPS) is 11.0. The molecule has 0 aliphatic carbocycles. The van der Waals surface area contributed by atoms with Gasteiger partial charge in [-0.1, -0.05) is 66.7 Å². The fraction of sp³-hybridized carbons (Fsp3) is 0. The zero-order valence-corrected chi connectivity index (χ0v) is 11.2. The molecule has 0 saturated carbocycles. The van der Waals surface area contributed by atoms with Gasteiger partial charge in [0.1, 0.15) is 0 Å². The van der Waals surface area contributed by atoms with E-state index in [9.17, 15) is 14.7 Å². The zero-order chi connectivity index (χ0) is 15.1.